The molecule has 42 heavy (non-hydrogen) atoms. The van der Waals surface area contributed by atoms with E-state index < -0.39 is 17.7 Å². The Morgan fingerprint density at radius 3 is 2.07 bits per heavy atom. The summed E-state index contributed by atoms with van der Waals surface area (Å²) in [5.74, 6) is 5.86. The quantitative estimate of drug-likeness (QED) is 0.195. The molecule has 2 aromatic carbocycles. The number of rotatable bonds is 14. The van der Waals surface area contributed by atoms with Gasteiger partial charge in [-0.2, -0.15) is 0 Å². The third-order valence-corrected chi connectivity index (χ3v) is 7.64. The van der Waals surface area contributed by atoms with Crippen LogP contribution in [-0.4, -0.2) is 39.6 Å². The summed E-state index contributed by atoms with van der Waals surface area (Å²) in [5, 5.41) is 29.7. The van der Waals surface area contributed by atoms with E-state index >= 15 is 0 Å². The predicted molar refractivity (Wildman–Crippen MR) is 177 cm³/mol. The smallest absolute Gasteiger partial charge is 0.303 e. The molecule has 0 aliphatic heterocycles. The van der Waals surface area contributed by atoms with Crippen LogP contribution >= 0.6 is 0 Å². The summed E-state index contributed by atoms with van der Waals surface area (Å²) in [7, 11) is 0. The lowest BCUT2D eigenvalue weighted by atomic mass is 9.70. The fourth-order valence-corrected chi connectivity index (χ4v) is 4.88. The number of aliphatic hydroxyl groups excluding tert-OH is 1. The summed E-state index contributed by atoms with van der Waals surface area (Å²) in [6, 6.07) is 12.8. The number of carboxylic acid groups (broad SMARTS) is 1. The summed E-state index contributed by atoms with van der Waals surface area (Å²) in [4.78, 5) is 10.7. The average Bonchev–Trinajstić information content (AvgIpc) is 2.97. The van der Waals surface area contributed by atoms with Crippen molar-refractivity contribution in [2.24, 2.45) is 0 Å². The topological polar surface area (TPSA) is 87.0 Å². The molecular weight excluding hydrogens is 524 g/mol. The van der Waals surface area contributed by atoms with Crippen LogP contribution in [0.3, 0.4) is 0 Å². The molecule has 0 amide bonds. The van der Waals surface area contributed by atoms with E-state index in [1.165, 1.54) is 11.1 Å². The van der Waals surface area contributed by atoms with Gasteiger partial charge in [-0.15, -0.1) is 0 Å². The monoisotopic (exact) mass is 580 g/mol. The van der Waals surface area contributed by atoms with Gasteiger partial charge in [-0.25, -0.2) is 0 Å². The minimum atomic E-state index is -1.12. The molecule has 0 aromatic heterocycles. The second-order valence-corrected chi connectivity index (χ2v) is 10.4. The van der Waals surface area contributed by atoms with Crippen molar-refractivity contribution in [1.82, 2.24) is 0 Å². The first-order valence-electron chi connectivity index (χ1n) is 15.2. The van der Waals surface area contributed by atoms with Gasteiger partial charge in [0.25, 0.3) is 0 Å². The van der Waals surface area contributed by atoms with Crippen molar-refractivity contribution in [2.75, 3.05) is 6.61 Å². The van der Waals surface area contributed by atoms with Crippen molar-refractivity contribution >= 4 is 12.0 Å². The standard InChI is InChI=1S/C34H46O5.C2H6.CH4/c1-7-11-12-20-33(38,8-2)21-19-27-13-14-28(22-25(27)5)34(9-3,10-4)29-15-17-31(26(6)23-29)39-24-30(35)16-18-32(36)37;1-2;/h13-15,17,19,21-23,30,35,38H,7-11,16,18,24H2,1-6H3,(H,36,37);1-2H3;1H4/b21-19+;;. The third-order valence-electron chi connectivity index (χ3n) is 7.64. The van der Waals surface area contributed by atoms with Crippen LogP contribution in [0.5, 0.6) is 5.75 Å². The zero-order valence-electron chi connectivity index (χ0n) is 26.5. The van der Waals surface area contributed by atoms with Crippen LogP contribution in [0.15, 0.2) is 42.5 Å². The first-order valence-corrected chi connectivity index (χ1v) is 15.2. The van der Waals surface area contributed by atoms with Crippen LogP contribution in [0, 0.1) is 25.7 Å². The van der Waals surface area contributed by atoms with Gasteiger partial charge in [0.2, 0.25) is 0 Å². The number of unbranched alkanes of at least 4 members (excludes halogenated alkanes) is 1. The normalized spacial score (nSPS) is 13.1. The molecule has 2 atom stereocenters. The Kier molecular flexibility index (Phi) is 17.8. The number of carboxylic acids is 1. The van der Waals surface area contributed by atoms with Gasteiger partial charge in [-0.1, -0.05) is 97.2 Å². The van der Waals surface area contributed by atoms with E-state index in [0.717, 1.165) is 42.4 Å². The molecule has 2 aromatic rings. The number of carbonyl (C=O) groups is 1. The maximum atomic E-state index is 10.9. The molecule has 0 aliphatic rings. The van der Waals surface area contributed by atoms with E-state index in [9.17, 15) is 15.0 Å². The van der Waals surface area contributed by atoms with Crippen molar-refractivity contribution in [2.45, 2.75) is 125 Å². The van der Waals surface area contributed by atoms with Gasteiger partial charge < -0.3 is 20.1 Å². The zero-order chi connectivity index (χ0) is 31.1. The van der Waals surface area contributed by atoms with E-state index in [-0.39, 0.29) is 32.3 Å². The van der Waals surface area contributed by atoms with Crippen LogP contribution in [-0.2, 0) is 10.2 Å². The molecule has 2 rings (SSSR count). The Bertz CT molecular complexity index is 1180. The van der Waals surface area contributed by atoms with Crippen molar-refractivity contribution in [3.8, 4) is 17.6 Å². The first kappa shape index (κ1) is 38.9. The molecule has 2 unspecified atom stereocenters. The number of hydrogen-bond donors (Lipinski definition) is 3. The maximum Gasteiger partial charge on any atom is 0.303 e. The van der Waals surface area contributed by atoms with Crippen molar-refractivity contribution in [3.63, 3.8) is 0 Å². The number of ether oxygens (including phenoxy) is 1. The zero-order valence-corrected chi connectivity index (χ0v) is 26.5. The molecule has 0 fully saturated rings. The Morgan fingerprint density at radius 1 is 0.976 bits per heavy atom. The fourth-order valence-electron chi connectivity index (χ4n) is 4.88. The van der Waals surface area contributed by atoms with Crippen LogP contribution in [0.2, 0.25) is 0 Å². The molecule has 0 saturated carbocycles. The van der Waals surface area contributed by atoms with Crippen LogP contribution in [0.4, 0.5) is 0 Å². The Morgan fingerprint density at radius 2 is 1.57 bits per heavy atom. The first-order chi connectivity index (χ1) is 19.5. The van der Waals surface area contributed by atoms with Crippen molar-refractivity contribution in [1.29, 1.82) is 0 Å². The lowest BCUT2D eigenvalue weighted by molar-refractivity contribution is -0.137. The van der Waals surface area contributed by atoms with E-state index in [0.29, 0.717) is 12.2 Å². The molecule has 5 heteroatoms. The highest BCUT2D eigenvalue weighted by molar-refractivity contribution is 5.66. The van der Waals surface area contributed by atoms with Gasteiger partial charge in [-0.3, -0.25) is 4.79 Å². The lowest BCUT2D eigenvalue weighted by Gasteiger charge is -2.34. The molecule has 234 valence electrons. The van der Waals surface area contributed by atoms with Gasteiger partial charge in [0.1, 0.15) is 18.0 Å². The van der Waals surface area contributed by atoms with Crippen molar-refractivity contribution < 1.29 is 24.9 Å². The Hall–Kier alpha value is -3.07. The van der Waals surface area contributed by atoms with E-state index in [1.807, 2.05) is 45.9 Å². The molecule has 0 saturated heterocycles. The number of aryl methyl sites for hydroxylation is 2. The molecule has 0 radical (unpaired) electrons. The third kappa shape index (κ3) is 11.0. The second kappa shape index (κ2) is 19.2. The minimum Gasteiger partial charge on any atom is -0.491 e. The summed E-state index contributed by atoms with van der Waals surface area (Å²) >= 11 is 0. The Balaban J connectivity index is 0.00000548. The van der Waals surface area contributed by atoms with Gasteiger partial charge in [0.05, 0.1) is 6.10 Å². The van der Waals surface area contributed by atoms with Gasteiger partial charge in [0.15, 0.2) is 0 Å². The largest absolute Gasteiger partial charge is 0.491 e. The minimum absolute atomic E-state index is 0. The molecule has 0 spiro atoms. The molecule has 0 bridgehead atoms. The van der Waals surface area contributed by atoms with E-state index in [2.05, 4.69) is 69.9 Å². The summed E-state index contributed by atoms with van der Waals surface area (Å²) in [6.45, 7) is 16.6. The van der Waals surface area contributed by atoms with E-state index in [4.69, 9.17) is 9.84 Å². The predicted octanol–water partition coefficient (Wildman–Crippen LogP) is 8.63. The summed E-state index contributed by atoms with van der Waals surface area (Å²) < 4.78 is 5.82. The number of aliphatic hydroxyl groups is 2. The van der Waals surface area contributed by atoms with Gasteiger partial charge in [-0.05, 0) is 85.9 Å². The average molecular weight is 581 g/mol. The van der Waals surface area contributed by atoms with Crippen LogP contribution < -0.4 is 4.74 Å². The summed E-state index contributed by atoms with van der Waals surface area (Å²) in [6.07, 6.45) is 7.18. The number of hydrogen-bond acceptors (Lipinski definition) is 4. The number of benzene rings is 2. The van der Waals surface area contributed by atoms with Crippen molar-refractivity contribution in [3.05, 3.63) is 70.3 Å². The second-order valence-electron chi connectivity index (χ2n) is 10.4. The van der Waals surface area contributed by atoms with Crippen LogP contribution in [0.25, 0.3) is 6.08 Å². The fraction of sp³-hybridized carbons (Fsp3) is 0.541. The SMILES string of the molecule is C.CC.CCCC#CC(O)(/C=C/c1ccc(C(CC)(CC)c2ccc(OCC(O)CCC(=O)O)c(C)c2)cc1C)CC. The molecule has 5 nitrogen and oxygen atoms in total. The van der Waals surface area contributed by atoms with E-state index in [1.54, 1.807) is 0 Å². The highest BCUT2D eigenvalue weighted by Crippen LogP contribution is 2.41. The number of aliphatic carboxylic acids is 1. The highest BCUT2D eigenvalue weighted by atomic mass is 16.5. The Labute approximate surface area is 256 Å². The van der Waals surface area contributed by atoms with Gasteiger partial charge in [0, 0.05) is 18.3 Å². The van der Waals surface area contributed by atoms with Gasteiger partial charge >= 0.3 is 5.97 Å². The van der Waals surface area contributed by atoms with Crippen LogP contribution in [0.1, 0.15) is 122 Å². The lowest BCUT2D eigenvalue weighted by Crippen LogP contribution is -2.26. The summed E-state index contributed by atoms with van der Waals surface area (Å²) in [5.41, 5.74) is 4.33. The molecule has 0 heterocycles. The molecule has 0 aliphatic carbocycles. The molecule has 3 N–H and O–H groups in total. The molecular formula is C37H56O5. The highest BCUT2D eigenvalue weighted by Gasteiger charge is 2.31. The maximum absolute atomic E-state index is 10.9.